The molecule has 0 saturated carbocycles. The smallest absolute Gasteiger partial charge is 0.334 e. The van der Waals surface area contributed by atoms with Gasteiger partial charge < -0.3 is 14.9 Å². The van der Waals surface area contributed by atoms with Gasteiger partial charge in [-0.05, 0) is 20.3 Å². The molecule has 88 valence electrons. The average Bonchev–Trinajstić information content (AvgIpc) is 2.14. The minimum absolute atomic E-state index is 0.408. The molecule has 0 amide bonds. The topological polar surface area (TPSA) is 70.0 Å². The number of rotatable bonds is 4. The summed E-state index contributed by atoms with van der Waals surface area (Å²) in [4.78, 5) is 12.7. The van der Waals surface area contributed by atoms with Gasteiger partial charge in [0, 0.05) is 19.6 Å². The van der Waals surface area contributed by atoms with Crippen LogP contribution in [0.15, 0.2) is 0 Å². The third-order valence-electron chi connectivity index (χ3n) is 2.47. The van der Waals surface area contributed by atoms with Crippen LogP contribution in [-0.4, -0.2) is 59.0 Å². The lowest BCUT2D eigenvalue weighted by Gasteiger charge is -2.32. The lowest BCUT2D eigenvalue weighted by Crippen LogP contribution is -2.47. The zero-order chi connectivity index (χ0) is 11.5. The highest BCUT2D eigenvalue weighted by Gasteiger charge is 2.26. The first kappa shape index (κ1) is 12.4. The Morgan fingerprint density at radius 2 is 2.27 bits per heavy atom. The fourth-order valence-corrected chi connectivity index (χ4v) is 1.49. The highest BCUT2D eigenvalue weighted by molar-refractivity contribution is 5.72. The van der Waals surface area contributed by atoms with Crippen LogP contribution in [0, 0.1) is 0 Å². The Kier molecular flexibility index (Phi) is 4.07. The van der Waals surface area contributed by atoms with Crippen molar-refractivity contribution >= 4 is 5.97 Å². The number of aliphatic hydroxyl groups is 1. The van der Waals surface area contributed by atoms with E-state index in [9.17, 15) is 9.90 Å². The maximum absolute atomic E-state index is 10.7. The summed E-state index contributed by atoms with van der Waals surface area (Å²) in [6, 6.07) is 0. The van der Waals surface area contributed by atoms with Gasteiger partial charge in [0.1, 0.15) is 0 Å². The number of carbonyl (C=O) groups is 1. The second kappa shape index (κ2) is 4.92. The van der Waals surface area contributed by atoms with Gasteiger partial charge in [0.15, 0.2) is 6.10 Å². The molecule has 1 fully saturated rings. The van der Waals surface area contributed by atoms with Crippen molar-refractivity contribution in [1.29, 1.82) is 0 Å². The molecule has 0 radical (unpaired) electrons. The third kappa shape index (κ3) is 4.59. The van der Waals surface area contributed by atoms with Gasteiger partial charge in [-0.25, -0.2) is 4.79 Å². The van der Waals surface area contributed by atoms with E-state index in [1.165, 1.54) is 0 Å². The number of carboxylic acid groups (broad SMARTS) is 1. The van der Waals surface area contributed by atoms with Crippen LogP contribution in [0.3, 0.4) is 0 Å². The number of hydrogen-bond donors (Lipinski definition) is 2. The van der Waals surface area contributed by atoms with Crippen LogP contribution in [0.5, 0.6) is 0 Å². The molecule has 1 heterocycles. The van der Waals surface area contributed by atoms with Crippen LogP contribution in [-0.2, 0) is 9.53 Å². The molecule has 0 aromatic carbocycles. The molecule has 0 bridgehead atoms. The first-order valence-electron chi connectivity index (χ1n) is 5.17. The van der Waals surface area contributed by atoms with Crippen LogP contribution < -0.4 is 0 Å². The van der Waals surface area contributed by atoms with Crippen molar-refractivity contribution in [3.8, 4) is 0 Å². The number of hydrogen-bond acceptors (Lipinski definition) is 4. The lowest BCUT2D eigenvalue weighted by atomic mass is 10.1. The predicted octanol–water partition coefficient (Wildman–Crippen LogP) is -0.0672. The molecule has 0 aliphatic carbocycles. The summed E-state index contributed by atoms with van der Waals surface area (Å²) in [5.41, 5.74) is -0.697. The molecule has 5 heteroatoms. The van der Waals surface area contributed by atoms with Gasteiger partial charge in [-0.1, -0.05) is 0 Å². The number of nitrogens with zero attached hydrogens (tertiary/aromatic N) is 1. The monoisotopic (exact) mass is 217 g/mol. The van der Waals surface area contributed by atoms with E-state index < -0.39 is 17.7 Å². The second-order valence-electron chi connectivity index (χ2n) is 4.56. The van der Waals surface area contributed by atoms with Crippen molar-refractivity contribution < 1.29 is 19.7 Å². The van der Waals surface area contributed by atoms with Crippen molar-refractivity contribution in [2.75, 3.05) is 26.2 Å². The Hall–Kier alpha value is -0.650. The van der Waals surface area contributed by atoms with Gasteiger partial charge in [0.2, 0.25) is 0 Å². The van der Waals surface area contributed by atoms with Crippen molar-refractivity contribution in [2.45, 2.75) is 32.0 Å². The van der Waals surface area contributed by atoms with E-state index in [4.69, 9.17) is 9.84 Å². The van der Waals surface area contributed by atoms with E-state index in [2.05, 4.69) is 0 Å². The van der Waals surface area contributed by atoms with Crippen LogP contribution in [0.2, 0.25) is 0 Å². The lowest BCUT2D eigenvalue weighted by molar-refractivity contribution is -0.156. The molecule has 0 aromatic rings. The predicted molar refractivity (Wildman–Crippen MR) is 54.7 cm³/mol. The second-order valence-corrected chi connectivity index (χ2v) is 4.56. The number of aliphatic carboxylic acids is 1. The maximum atomic E-state index is 10.7. The van der Waals surface area contributed by atoms with Crippen LogP contribution in [0.4, 0.5) is 0 Å². The summed E-state index contributed by atoms with van der Waals surface area (Å²) in [5.74, 6) is -0.914. The normalized spacial score (nSPS) is 24.1. The van der Waals surface area contributed by atoms with E-state index in [0.717, 1.165) is 6.54 Å². The molecule has 15 heavy (non-hydrogen) atoms. The molecule has 0 spiro atoms. The van der Waals surface area contributed by atoms with E-state index in [0.29, 0.717) is 26.1 Å². The van der Waals surface area contributed by atoms with Crippen molar-refractivity contribution in [1.82, 2.24) is 4.90 Å². The summed E-state index contributed by atoms with van der Waals surface area (Å²) in [7, 11) is 0. The Morgan fingerprint density at radius 3 is 2.80 bits per heavy atom. The van der Waals surface area contributed by atoms with E-state index in [1.54, 1.807) is 13.8 Å². The fraction of sp³-hybridized carbons (Fsp3) is 0.900. The molecule has 0 aromatic heterocycles. The van der Waals surface area contributed by atoms with E-state index in [1.807, 2.05) is 4.90 Å². The number of ether oxygens (including phenoxy) is 1. The van der Waals surface area contributed by atoms with Gasteiger partial charge in [0.25, 0.3) is 0 Å². The maximum Gasteiger partial charge on any atom is 0.334 e. The Balaban J connectivity index is 2.34. The summed E-state index contributed by atoms with van der Waals surface area (Å²) < 4.78 is 5.10. The van der Waals surface area contributed by atoms with E-state index >= 15 is 0 Å². The largest absolute Gasteiger partial charge is 0.479 e. The third-order valence-corrected chi connectivity index (χ3v) is 2.47. The molecule has 1 atom stereocenters. The quantitative estimate of drug-likeness (QED) is 0.690. The van der Waals surface area contributed by atoms with Crippen LogP contribution in [0.25, 0.3) is 0 Å². The molecule has 1 aliphatic heterocycles. The molecule has 1 rings (SSSR count). The molecular weight excluding hydrogens is 198 g/mol. The SMILES string of the molecule is CC(C)(O)CCN1CCOC(C(=O)O)C1. The minimum atomic E-state index is -0.914. The standard InChI is InChI=1S/C10H19NO4/c1-10(2,14)3-4-11-5-6-15-8(7-11)9(12)13/h8,14H,3-7H2,1-2H3,(H,12,13). The Bertz CT molecular complexity index is 224. The van der Waals surface area contributed by atoms with Gasteiger partial charge in [-0.2, -0.15) is 0 Å². The van der Waals surface area contributed by atoms with Gasteiger partial charge in [-0.15, -0.1) is 0 Å². The molecule has 1 unspecified atom stereocenters. The average molecular weight is 217 g/mol. The fourth-order valence-electron chi connectivity index (χ4n) is 1.49. The molecule has 2 N–H and O–H groups in total. The van der Waals surface area contributed by atoms with Crippen molar-refractivity contribution in [3.63, 3.8) is 0 Å². The van der Waals surface area contributed by atoms with E-state index in [-0.39, 0.29) is 0 Å². The van der Waals surface area contributed by atoms with Crippen LogP contribution in [0.1, 0.15) is 20.3 Å². The summed E-state index contributed by atoms with van der Waals surface area (Å²) in [5, 5.41) is 18.3. The van der Waals surface area contributed by atoms with Crippen molar-refractivity contribution in [3.05, 3.63) is 0 Å². The Morgan fingerprint density at radius 1 is 1.60 bits per heavy atom. The first-order valence-corrected chi connectivity index (χ1v) is 5.17. The van der Waals surface area contributed by atoms with Gasteiger partial charge >= 0.3 is 5.97 Å². The summed E-state index contributed by atoms with van der Waals surface area (Å²) >= 11 is 0. The van der Waals surface area contributed by atoms with Gasteiger partial charge in [0.05, 0.1) is 12.2 Å². The molecule has 5 nitrogen and oxygen atoms in total. The molecular formula is C10H19NO4. The highest BCUT2D eigenvalue weighted by Crippen LogP contribution is 2.11. The zero-order valence-electron chi connectivity index (χ0n) is 9.27. The first-order chi connectivity index (χ1) is 6.88. The van der Waals surface area contributed by atoms with Crippen LogP contribution >= 0.6 is 0 Å². The summed E-state index contributed by atoms with van der Waals surface area (Å²) in [6.45, 7) is 5.80. The zero-order valence-corrected chi connectivity index (χ0v) is 9.27. The summed E-state index contributed by atoms with van der Waals surface area (Å²) in [6.07, 6.45) is -0.0835. The molecule has 1 aliphatic rings. The minimum Gasteiger partial charge on any atom is -0.479 e. The number of carboxylic acids is 1. The highest BCUT2D eigenvalue weighted by atomic mass is 16.5. The van der Waals surface area contributed by atoms with Crippen molar-refractivity contribution in [2.24, 2.45) is 0 Å². The van der Waals surface area contributed by atoms with Gasteiger partial charge in [-0.3, -0.25) is 4.90 Å². The Labute approximate surface area is 89.6 Å². The molecule has 1 saturated heterocycles. The number of morpholine rings is 1.